The maximum absolute atomic E-state index is 9.61. The van der Waals surface area contributed by atoms with Gasteiger partial charge in [0.25, 0.3) is 0 Å². The minimum absolute atomic E-state index is 0. The second-order valence-electron chi connectivity index (χ2n) is 8.27. The highest BCUT2D eigenvalue weighted by atomic mass is 127. The molecule has 1 aliphatic rings. The standard InChI is InChI=1S/C22H38N4O.HI/c1-17(2)5-6-18(3)25-22(23-4)24-15-19-7-9-20(10-8-19)16-26-13-11-21(27)12-14-26;/h7-10,17-18,21,27H,5-6,11-16H2,1-4H3,(H2,23,24,25);1H. The first-order valence-electron chi connectivity index (χ1n) is 10.4. The molecule has 5 nitrogen and oxygen atoms in total. The SMILES string of the molecule is CN=C(NCc1ccc(CN2CCC(O)CC2)cc1)NC(C)CCC(C)C.I. The second-order valence-corrected chi connectivity index (χ2v) is 8.27. The van der Waals surface area contributed by atoms with Gasteiger partial charge in [0.1, 0.15) is 0 Å². The van der Waals surface area contributed by atoms with Gasteiger partial charge < -0.3 is 15.7 Å². The number of nitrogens with zero attached hydrogens (tertiary/aromatic N) is 2. The Morgan fingerprint density at radius 2 is 1.71 bits per heavy atom. The van der Waals surface area contributed by atoms with Crippen LogP contribution in [-0.2, 0) is 13.1 Å². The molecule has 1 atom stereocenters. The third kappa shape index (κ3) is 9.56. The van der Waals surface area contributed by atoms with Crippen molar-refractivity contribution in [1.29, 1.82) is 0 Å². The van der Waals surface area contributed by atoms with Gasteiger partial charge in [-0.3, -0.25) is 9.89 Å². The van der Waals surface area contributed by atoms with Crippen LogP contribution in [0.25, 0.3) is 0 Å². The number of nitrogens with one attached hydrogen (secondary N) is 2. The number of aliphatic hydroxyl groups is 1. The monoisotopic (exact) mass is 502 g/mol. The summed E-state index contributed by atoms with van der Waals surface area (Å²) in [5, 5.41) is 16.5. The molecule has 1 aromatic carbocycles. The third-order valence-electron chi connectivity index (χ3n) is 5.23. The minimum atomic E-state index is -0.106. The molecule has 1 saturated heterocycles. The van der Waals surface area contributed by atoms with E-state index in [0.717, 1.165) is 57.3 Å². The number of halogens is 1. The lowest BCUT2D eigenvalue weighted by Crippen LogP contribution is -2.41. The van der Waals surface area contributed by atoms with Crippen LogP contribution in [0.5, 0.6) is 0 Å². The average molecular weight is 502 g/mol. The van der Waals surface area contributed by atoms with Crippen molar-refractivity contribution in [2.45, 2.75) is 71.7 Å². The fourth-order valence-electron chi connectivity index (χ4n) is 3.37. The molecular weight excluding hydrogens is 463 g/mol. The lowest BCUT2D eigenvalue weighted by atomic mass is 10.0. The van der Waals surface area contributed by atoms with Gasteiger partial charge >= 0.3 is 0 Å². The van der Waals surface area contributed by atoms with Crippen LogP contribution in [0.2, 0.25) is 0 Å². The highest BCUT2D eigenvalue weighted by Crippen LogP contribution is 2.14. The highest BCUT2D eigenvalue weighted by Gasteiger charge is 2.16. The molecule has 2 rings (SSSR count). The van der Waals surface area contributed by atoms with E-state index in [1.165, 1.54) is 17.5 Å². The van der Waals surface area contributed by atoms with Crippen molar-refractivity contribution in [1.82, 2.24) is 15.5 Å². The van der Waals surface area contributed by atoms with Gasteiger partial charge in [0, 0.05) is 39.3 Å². The first-order chi connectivity index (χ1) is 13.0. The molecule has 1 heterocycles. The molecule has 3 N–H and O–H groups in total. The van der Waals surface area contributed by atoms with E-state index < -0.39 is 0 Å². The summed E-state index contributed by atoms with van der Waals surface area (Å²) >= 11 is 0. The summed E-state index contributed by atoms with van der Waals surface area (Å²) in [6.45, 7) is 10.5. The molecule has 1 unspecified atom stereocenters. The van der Waals surface area contributed by atoms with E-state index in [2.05, 4.69) is 65.6 Å². The summed E-state index contributed by atoms with van der Waals surface area (Å²) < 4.78 is 0. The molecular formula is C22H39IN4O. The van der Waals surface area contributed by atoms with Crippen molar-refractivity contribution in [3.63, 3.8) is 0 Å². The Labute approximate surface area is 188 Å². The van der Waals surface area contributed by atoms with Gasteiger partial charge in [-0.15, -0.1) is 24.0 Å². The Kier molecular flexibility index (Phi) is 12.0. The van der Waals surface area contributed by atoms with E-state index in [1.807, 2.05) is 7.05 Å². The number of aliphatic hydroxyl groups excluding tert-OH is 1. The number of hydrogen-bond acceptors (Lipinski definition) is 3. The predicted octanol–water partition coefficient (Wildman–Crippen LogP) is 3.75. The van der Waals surface area contributed by atoms with E-state index in [1.54, 1.807) is 0 Å². The summed E-state index contributed by atoms with van der Waals surface area (Å²) in [5.41, 5.74) is 2.59. The third-order valence-corrected chi connectivity index (χ3v) is 5.23. The Morgan fingerprint density at radius 3 is 2.29 bits per heavy atom. The smallest absolute Gasteiger partial charge is 0.191 e. The van der Waals surface area contributed by atoms with Crippen LogP contribution in [0.15, 0.2) is 29.3 Å². The summed E-state index contributed by atoms with van der Waals surface area (Å²) in [5.74, 6) is 1.60. The fraction of sp³-hybridized carbons (Fsp3) is 0.682. The van der Waals surface area contributed by atoms with E-state index >= 15 is 0 Å². The summed E-state index contributed by atoms with van der Waals surface area (Å²) in [7, 11) is 1.82. The predicted molar refractivity (Wildman–Crippen MR) is 129 cm³/mol. The quantitative estimate of drug-likeness (QED) is 0.288. The van der Waals surface area contributed by atoms with Gasteiger partial charge in [0.05, 0.1) is 6.10 Å². The minimum Gasteiger partial charge on any atom is -0.393 e. The Morgan fingerprint density at radius 1 is 1.11 bits per heavy atom. The van der Waals surface area contributed by atoms with Crippen LogP contribution in [0, 0.1) is 5.92 Å². The van der Waals surface area contributed by atoms with Crippen LogP contribution in [0.4, 0.5) is 0 Å². The van der Waals surface area contributed by atoms with Crippen LogP contribution >= 0.6 is 24.0 Å². The lowest BCUT2D eigenvalue weighted by Gasteiger charge is -2.29. The second kappa shape index (κ2) is 13.4. The molecule has 0 aromatic heterocycles. The average Bonchev–Trinajstić information content (AvgIpc) is 2.66. The maximum Gasteiger partial charge on any atom is 0.191 e. The largest absolute Gasteiger partial charge is 0.393 e. The Balaban J connectivity index is 0.00000392. The van der Waals surface area contributed by atoms with Crippen molar-refractivity contribution in [2.75, 3.05) is 20.1 Å². The maximum atomic E-state index is 9.61. The van der Waals surface area contributed by atoms with Crippen LogP contribution in [0.1, 0.15) is 57.6 Å². The number of likely N-dealkylation sites (tertiary alicyclic amines) is 1. The number of guanidine groups is 1. The number of piperidine rings is 1. The molecule has 0 radical (unpaired) electrons. The zero-order chi connectivity index (χ0) is 19.6. The molecule has 1 aliphatic heterocycles. The van der Waals surface area contributed by atoms with E-state index in [0.29, 0.717) is 6.04 Å². The van der Waals surface area contributed by atoms with Crippen LogP contribution in [-0.4, -0.2) is 48.2 Å². The van der Waals surface area contributed by atoms with Gasteiger partial charge in [-0.05, 0) is 49.7 Å². The number of aliphatic imine (C=N–C) groups is 1. The molecule has 0 spiro atoms. The molecule has 6 heteroatoms. The number of rotatable bonds is 8. The van der Waals surface area contributed by atoms with E-state index in [9.17, 15) is 5.11 Å². The fourth-order valence-corrected chi connectivity index (χ4v) is 3.37. The van der Waals surface area contributed by atoms with Gasteiger partial charge in [-0.1, -0.05) is 38.1 Å². The van der Waals surface area contributed by atoms with E-state index in [4.69, 9.17) is 0 Å². The summed E-state index contributed by atoms with van der Waals surface area (Å²) in [4.78, 5) is 6.76. The number of hydrogen-bond donors (Lipinski definition) is 3. The summed E-state index contributed by atoms with van der Waals surface area (Å²) in [6.07, 6.45) is 4.06. The molecule has 28 heavy (non-hydrogen) atoms. The molecule has 160 valence electrons. The normalized spacial score (nSPS) is 17.3. The molecule has 0 amide bonds. The Hall–Kier alpha value is -0.860. The van der Waals surface area contributed by atoms with Crippen molar-refractivity contribution < 1.29 is 5.11 Å². The molecule has 0 saturated carbocycles. The van der Waals surface area contributed by atoms with Gasteiger partial charge in [0.15, 0.2) is 5.96 Å². The first kappa shape index (κ1) is 25.2. The molecule has 1 aromatic rings. The van der Waals surface area contributed by atoms with Gasteiger partial charge in [-0.2, -0.15) is 0 Å². The summed E-state index contributed by atoms with van der Waals surface area (Å²) in [6, 6.07) is 9.23. The zero-order valence-electron chi connectivity index (χ0n) is 17.9. The molecule has 1 fully saturated rings. The van der Waals surface area contributed by atoms with E-state index in [-0.39, 0.29) is 30.1 Å². The van der Waals surface area contributed by atoms with Crippen molar-refractivity contribution in [3.8, 4) is 0 Å². The highest BCUT2D eigenvalue weighted by molar-refractivity contribution is 14.0. The van der Waals surface area contributed by atoms with Gasteiger partial charge in [-0.25, -0.2) is 0 Å². The van der Waals surface area contributed by atoms with Crippen LogP contribution < -0.4 is 10.6 Å². The van der Waals surface area contributed by atoms with Gasteiger partial charge in [0.2, 0.25) is 0 Å². The zero-order valence-corrected chi connectivity index (χ0v) is 20.3. The lowest BCUT2D eigenvalue weighted by molar-refractivity contribution is 0.0792. The molecule has 0 aliphatic carbocycles. The van der Waals surface area contributed by atoms with Crippen LogP contribution in [0.3, 0.4) is 0 Å². The Bertz CT molecular complexity index is 568. The number of benzene rings is 1. The van der Waals surface area contributed by atoms with Crippen molar-refractivity contribution >= 4 is 29.9 Å². The topological polar surface area (TPSA) is 59.9 Å². The molecule has 0 bridgehead atoms. The first-order valence-corrected chi connectivity index (χ1v) is 10.4. The van der Waals surface area contributed by atoms with Crippen molar-refractivity contribution in [2.24, 2.45) is 10.9 Å². The van der Waals surface area contributed by atoms with Crippen molar-refractivity contribution in [3.05, 3.63) is 35.4 Å².